The van der Waals surface area contributed by atoms with Crippen molar-refractivity contribution in [1.82, 2.24) is 9.88 Å². The van der Waals surface area contributed by atoms with Crippen LogP contribution in [0.15, 0.2) is 54.7 Å². The zero-order valence-corrected chi connectivity index (χ0v) is 17.3. The van der Waals surface area contributed by atoms with Crippen molar-refractivity contribution in [1.29, 1.82) is 0 Å². The largest absolute Gasteiger partial charge is 0.495 e. The number of rotatable bonds is 5. The molecule has 2 heterocycles. The number of halogens is 1. The van der Waals surface area contributed by atoms with Gasteiger partial charge in [-0.05, 0) is 43.2 Å². The predicted octanol–water partition coefficient (Wildman–Crippen LogP) is 4.95. The van der Waals surface area contributed by atoms with Gasteiger partial charge in [0.1, 0.15) is 5.75 Å². The normalized spacial score (nSPS) is 15.8. The molecule has 0 aliphatic carbocycles. The third-order valence-corrected chi connectivity index (χ3v) is 5.76. The van der Waals surface area contributed by atoms with Gasteiger partial charge in [-0.15, -0.1) is 0 Å². The second-order valence-electron chi connectivity index (χ2n) is 7.23. The summed E-state index contributed by atoms with van der Waals surface area (Å²) in [7, 11) is 1.57. The van der Waals surface area contributed by atoms with Crippen molar-refractivity contribution in [2.75, 3.05) is 25.5 Å². The van der Waals surface area contributed by atoms with E-state index in [4.69, 9.17) is 16.3 Å². The number of hydrogen-bond acceptors (Lipinski definition) is 3. The highest BCUT2D eigenvalue weighted by molar-refractivity contribution is 6.31. The van der Waals surface area contributed by atoms with Crippen molar-refractivity contribution in [2.24, 2.45) is 0 Å². The minimum atomic E-state index is -0.264. The number of para-hydroxylation sites is 1. The van der Waals surface area contributed by atoms with Crippen molar-refractivity contribution < 1.29 is 9.53 Å². The van der Waals surface area contributed by atoms with Crippen LogP contribution in [-0.2, 0) is 4.79 Å². The van der Waals surface area contributed by atoms with Crippen molar-refractivity contribution >= 4 is 39.7 Å². The Balaban J connectivity index is 1.45. The Labute approximate surface area is 175 Å². The molecule has 0 bridgehead atoms. The molecule has 1 aromatic heterocycles. The van der Waals surface area contributed by atoms with Gasteiger partial charge in [-0.2, -0.15) is 0 Å². The molecule has 6 heteroatoms. The second kappa shape index (κ2) is 8.31. The summed E-state index contributed by atoms with van der Waals surface area (Å²) in [6.45, 7) is 3.49. The smallest absolute Gasteiger partial charge is 0.241 e. The van der Waals surface area contributed by atoms with E-state index in [1.54, 1.807) is 25.3 Å². The molecular formula is C23H24ClN3O2. The molecule has 2 N–H and O–H groups in total. The number of ether oxygens (including phenoxy) is 1. The molecule has 0 unspecified atom stereocenters. The number of nitrogens with one attached hydrogen (secondary N) is 2. The van der Waals surface area contributed by atoms with Gasteiger partial charge in [0.05, 0.1) is 18.8 Å². The number of anilines is 1. The SMILES string of the molecule is COc1ccc(Cl)cc1NC(=O)[C@H](C)N1CC=C(c2c[nH]c3ccccc23)CC1. The minimum absolute atomic E-state index is 0.0745. The molecule has 0 saturated carbocycles. The number of aromatic amines is 1. The van der Waals surface area contributed by atoms with Gasteiger partial charge in [0.25, 0.3) is 0 Å². The van der Waals surface area contributed by atoms with E-state index in [1.807, 2.05) is 13.0 Å². The van der Waals surface area contributed by atoms with Gasteiger partial charge < -0.3 is 15.0 Å². The number of hydrogen-bond donors (Lipinski definition) is 2. The first-order chi connectivity index (χ1) is 14.1. The summed E-state index contributed by atoms with van der Waals surface area (Å²) in [5, 5.41) is 4.74. The third-order valence-electron chi connectivity index (χ3n) is 5.52. The number of H-pyrrole nitrogens is 1. The van der Waals surface area contributed by atoms with E-state index < -0.39 is 0 Å². The number of carbonyl (C=O) groups is 1. The predicted molar refractivity (Wildman–Crippen MR) is 119 cm³/mol. The van der Waals surface area contributed by atoms with Crippen LogP contribution in [0.1, 0.15) is 18.9 Å². The summed E-state index contributed by atoms with van der Waals surface area (Å²) in [4.78, 5) is 18.3. The summed E-state index contributed by atoms with van der Waals surface area (Å²) >= 11 is 6.06. The fraction of sp³-hybridized carbons (Fsp3) is 0.261. The Bertz CT molecular complexity index is 1070. The van der Waals surface area contributed by atoms with Crippen molar-refractivity contribution in [3.63, 3.8) is 0 Å². The Morgan fingerprint density at radius 1 is 1.28 bits per heavy atom. The fourth-order valence-electron chi connectivity index (χ4n) is 3.80. The lowest BCUT2D eigenvalue weighted by molar-refractivity contribution is -0.120. The zero-order valence-electron chi connectivity index (χ0n) is 16.5. The minimum Gasteiger partial charge on any atom is -0.495 e. The molecule has 0 radical (unpaired) electrons. The summed E-state index contributed by atoms with van der Waals surface area (Å²) < 4.78 is 5.32. The maximum atomic E-state index is 12.8. The first-order valence-corrected chi connectivity index (χ1v) is 10.1. The lowest BCUT2D eigenvalue weighted by Gasteiger charge is -2.31. The van der Waals surface area contributed by atoms with Crippen molar-refractivity contribution in [3.8, 4) is 5.75 Å². The lowest BCUT2D eigenvalue weighted by atomic mass is 9.98. The first-order valence-electron chi connectivity index (χ1n) is 9.71. The summed E-state index contributed by atoms with van der Waals surface area (Å²) in [6.07, 6.45) is 5.20. The van der Waals surface area contributed by atoms with Gasteiger partial charge in [-0.1, -0.05) is 35.9 Å². The zero-order chi connectivity index (χ0) is 20.4. The Kier molecular flexibility index (Phi) is 5.60. The molecule has 1 atom stereocenters. The molecular weight excluding hydrogens is 386 g/mol. The fourth-order valence-corrected chi connectivity index (χ4v) is 3.97. The highest BCUT2D eigenvalue weighted by Crippen LogP contribution is 2.30. The molecule has 2 aromatic carbocycles. The van der Waals surface area contributed by atoms with E-state index in [1.165, 1.54) is 16.5 Å². The maximum absolute atomic E-state index is 12.8. The van der Waals surface area contributed by atoms with E-state index in [9.17, 15) is 4.79 Å². The summed E-state index contributed by atoms with van der Waals surface area (Å²) in [5.74, 6) is 0.518. The van der Waals surface area contributed by atoms with Gasteiger partial charge in [-0.25, -0.2) is 0 Å². The first kappa shape index (κ1) is 19.6. The van der Waals surface area contributed by atoms with Crippen LogP contribution in [0, 0.1) is 0 Å². The number of fused-ring (bicyclic) bond motifs is 1. The van der Waals surface area contributed by atoms with Crippen molar-refractivity contribution in [3.05, 3.63) is 65.3 Å². The average Bonchev–Trinajstić information content (AvgIpc) is 3.17. The van der Waals surface area contributed by atoms with Crippen LogP contribution < -0.4 is 10.1 Å². The number of aromatic nitrogens is 1. The maximum Gasteiger partial charge on any atom is 0.241 e. The second-order valence-corrected chi connectivity index (χ2v) is 7.67. The van der Waals surface area contributed by atoms with Crippen LogP contribution in [0.4, 0.5) is 5.69 Å². The van der Waals surface area contributed by atoms with E-state index in [-0.39, 0.29) is 11.9 Å². The van der Waals surface area contributed by atoms with E-state index in [0.717, 1.165) is 25.0 Å². The monoisotopic (exact) mass is 409 g/mol. The van der Waals surface area contributed by atoms with Crippen LogP contribution in [0.5, 0.6) is 5.75 Å². The van der Waals surface area contributed by atoms with Crippen LogP contribution in [0.2, 0.25) is 5.02 Å². The van der Waals surface area contributed by atoms with Crippen molar-refractivity contribution in [2.45, 2.75) is 19.4 Å². The van der Waals surface area contributed by atoms with E-state index in [2.05, 4.69) is 45.7 Å². The molecule has 1 amide bonds. The molecule has 0 fully saturated rings. The third kappa shape index (κ3) is 4.02. The van der Waals surface area contributed by atoms with Crippen LogP contribution in [0.25, 0.3) is 16.5 Å². The molecule has 1 aliphatic heterocycles. The Morgan fingerprint density at radius 3 is 2.86 bits per heavy atom. The topological polar surface area (TPSA) is 57.4 Å². The van der Waals surface area contributed by atoms with Crippen LogP contribution >= 0.6 is 11.6 Å². The molecule has 0 spiro atoms. The van der Waals surface area contributed by atoms with Gasteiger partial charge in [-0.3, -0.25) is 9.69 Å². The highest BCUT2D eigenvalue weighted by Gasteiger charge is 2.25. The van der Waals surface area contributed by atoms with E-state index in [0.29, 0.717) is 16.5 Å². The number of amides is 1. The van der Waals surface area contributed by atoms with Gasteiger partial charge in [0.2, 0.25) is 5.91 Å². The van der Waals surface area contributed by atoms with Gasteiger partial charge in [0.15, 0.2) is 0 Å². The van der Waals surface area contributed by atoms with E-state index >= 15 is 0 Å². The Morgan fingerprint density at radius 2 is 2.10 bits per heavy atom. The highest BCUT2D eigenvalue weighted by atomic mass is 35.5. The average molecular weight is 410 g/mol. The van der Waals surface area contributed by atoms with Crippen LogP contribution in [-0.4, -0.2) is 42.0 Å². The summed E-state index contributed by atoms with van der Waals surface area (Å²) in [6, 6.07) is 13.3. The molecule has 5 nitrogen and oxygen atoms in total. The number of carbonyl (C=O) groups excluding carboxylic acids is 1. The Hall–Kier alpha value is -2.76. The molecule has 0 saturated heterocycles. The quantitative estimate of drug-likeness (QED) is 0.627. The van der Waals surface area contributed by atoms with Gasteiger partial charge >= 0.3 is 0 Å². The molecule has 150 valence electrons. The number of benzene rings is 2. The molecule has 3 aromatic rings. The molecule has 1 aliphatic rings. The molecule has 4 rings (SSSR count). The van der Waals surface area contributed by atoms with Gasteiger partial charge in [0, 0.05) is 40.8 Å². The number of methoxy groups -OCH3 is 1. The molecule has 29 heavy (non-hydrogen) atoms. The summed E-state index contributed by atoms with van der Waals surface area (Å²) in [5.41, 5.74) is 4.31. The lowest BCUT2D eigenvalue weighted by Crippen LogP contribution is -2.44. The van der Waals surface area contributed by atoms with Crippen LogP contribution in [0.3, 0.4) is 0 Å². The standard InChI is InChI=1S/C23H24ClN3O2/c1-15(23(28)26-21-13-17(24)7-8-22(21)29-2)27-11-9-16(10-12-27)19-14-25-20-6-4-3-5-18(19)20/h3-9,13-15,25H,10-12H2,1-2H3,(H,26,28)/t15-/m0/s1. The number of nitrogens with zero attached hydrogens (tertiary/aromatic N) is 1.